The average Bonchev–Trinajstić information content (AvgIpc) is 2.85. The number of Topliss-reactive ketones (excluding diaryl/α,β-unsaturated/α-hetero) is 1. The minimum Gasteiger partial charge on any atom is -1.00 e. The Kier molecular flexibility index (Phi) is 13.1. The third-order valence-electron chi connectivity index (χ3n) is 4.48. The van der Waals surface area contributed by atoms with E-state index in [0.717, 1.165) is 0 Å². The molecule has 0 atom stereocenters. The van der Waals surface area contributed by atoms with Crippen LogP contribution in [0, 0.1) is 0 Å². The molecule has 0 radical (unpaired) electrons. The summed E-state index contributed by atoms with van der Waals surface area (Å²) < 4.78 is 0. The van der Waals surface area contributed by atoms with Crippen LogP contribution in [0.5, 0.6) is 5.75 Å². The Bertz CT molecular complexity index is 1190. The number of carbonyl (C=O) groups is 3. The third-order valence-corrected chi connectivity index (χ3v) is 4.48. The second-order valence-corrected chi connectivity index (χ2v) is 6.89. The van der Waals surface area contributed by atoms with Crippen molar-refractivity contribution in [3.63, 3.8) is 0 Å². The average molecular weight is 589 g/mol. The number of hydrogen-bond donors (Lipinski definition) is 2. The summed E-state index contributed by atoms with van der Waals surface area (Å²) in [5.74, 6) is -1.59. The predicted molar refractivity (Wildman–Crippen MR) is 123 cm³/mol. The van der Waals surface area contributed by atoms with Crippen LogP contribution in [0.4, 0.5) is 0 Å². The van der Waals surface area contributed by atoms with Gasteiger partial charge in [0.15, 0.2) is 0 Å². The molecule has 10 heteroatoms. The quantitative estimate of drug-likeness (QED) is 0.150. The first-order valence-electron chi connectivity index (χ1n) is 10.1. The zero-order valence-electron chi connectivity index (χ0n) is 18.7. The molecular weight excluding hydrogens is 568 g/mol. The van der Waals surface area contributed by atoms with Gasteiger partial charge in [0.25, 0.3) is 0 Å². The molecule has 0 spiro atoms. The molecule has 0 bridgehead atoms. The Hall–Kier alpha value is -3.38. The van der Waals surface area contributed by atoms with Gasteiger partial charge in [-0.15, -0.1) is 0 Å². The number of nitrogens with zero attached hydrogens (tertiary/aromatic N) is 2. The maximum atomic E-state index is 12.9. The number of para-hydroxylation sites is 1. The first-order valence-corrected chi connectivity index (χ1v) is 10.1. The summed E-state index contributed by atoms with van der Waals surface area (Å²) in [6.45, 7) is 0. The van der Waals surface area contributed by atoms with Gasteiger partial charge in [0.1, 0.15) is 5.71 Å². The second-order valence-electron chi connectivity index (χ2n) is 6.89. The molecule has 2 amide bonds. The molecule has 0 unspecified atom stereocenters. The fourth-order valence-electron chi connectivity index (χ4n) is 2.79. The van der Waals surface area contributed by atoms with Crippen LogP contribution < -0.4 is 28.4 Å². The molecule has 8 nitrogen and oxygen atoms in total. The number of ketones is 1. The van der Waals surface area contributed by atoms with E-state index in [1.165, 1.54) is 12.3 Å². The first-order chi connectivity index (χ1) is 16.0. The van der Waals surface area contributed by atoms with Crippen molar-refractivity contribution in [2.24, 2.45) is 10.2 Å². The number of carbonyl (C=O) groups excluding carboxylic acids is 3. The van der Waals surface area contributed by atoms with Crippen LogP contribution in [-0.2, 0) is 36.9 Å². The number of amides is 2. The number of hydrogen-bond acceptors (Lipinski definition) is 6. The Labute approximate surface area is 229 Å². The van der Waals surface area contributed by atoms with Gasteiger partial charge in [0.2, 0.25) is 17.6 Å². The van der Waals surface area contributed by atoms with E-state index in [-0.39, 0.29) is 69.8 Å². The first kappa shape index (κ1) is 29.7. The molecule has 35 heavy (non-hydrogen) atoms. The molecule has 2 N–H and O–H groups in total. The van der Waals surface area contributed by atoms with Gasteiger partial charge >= 0.3 is 27.3 Å². The maximum Gasteiger partial charge on any atom is 2.00 e. The monoisotopic (exact) mass is 590 g/mol. The van der Waals surface area contributed by atoms with Gasteiger partial charge in [-0.3, -0.25) is 14.4 Å². The van der Waals surface area contributed by atoms with Crippen LogP contribution in [0.3, 0.4) is 0 Å². The smallest absolute Gasteiger partial charge is 1.00 e. The molecule has 0 aromatic heterocycles. The van der Waals surface area contributed by atoms with E-state index in [1.807, 2.05) is 6.07 Å². The summed E-state index contributed by atoms with van der Waals surface area (Å²) in [6, 6.07) is 23.6. The van der Waals surface area contributed by atoms with E-state index in [4.69, 9.17) is 0 Å². The molecule has 3 aromatic carbocycles. The molecule has 174 valence electrons. The Morgan fingerprint density at radius 2 is 1.26 bits per heavy atom. The van der Waals surface area contributed by atoms with E-state index < -0.39 is 11.8 Å². The summed E-state index contributed by atoms with van der Waals surface area (Å²) in [5, 5.41) is 19.3. The van der Waals surface area contributed by atoms with Crippen molar-refractivity contribution >= 4 is 29.5 Å². The van der Waals surface area contributed by atoms with Crippen molar-refractivity contribution in [3.05, 3.63) is 102 Å². The molecular formula is C25H21CdClN4O4. The molecule has 0 aliphatic heterocycles. The van der Waals surface area contributed by atoms with Crippen molar-refractivity contribution < 1.29 is 59.2 Å². The van der Waals surface area contributed by atoms with Gasteiger partial charge in [-0.25, -0.2) is 10.9 Å². The van der Waals surface area contributed by atoms with Gasteiger partial charge in [-0.2, -0.15) is 10.2 Å². The zero-order valence-corrected chi connectivity index (χ0v) is 23.5. The Morgan fingerprint density at radius 3 is 1.86 bits per heavy atom. The third kappa shape index (κ3) is 9.41. The summed E-state index contributed by atoms with van der Waals surface area (Å²) in [5.41, 5.74) is 6.02. The van der Waals surface area contributed by atoms with Gasteiger partial charge < -0.3 is 17.5 Å². The van der Waals surface area contributed by atoms with E-state index in [2.05, 4.69) is 21.1 Å². The van der Waals surface area contributed by atoms with E-state index >= 15 is 0 Å². The Morgan fingerprint density at radius 1 is 0.743 bits per heavy atom. The van der Waals surface area contributed by atoms with E-state index in [9.17, 15) is 19.5 Å². The van der Waals surface area contributed by atoms with Crippen molar-refractivity contribution in [1.29, 1.82) is 0 Å². The fraction of sp³-hybridized carbons (Fsp3) is 0.0800. The topological polar surface area (TPSA) is 123 Å². The zero-order chi connectivity index (χ0) is 23.5. The fourth-order valence-corrected chi connectivity index (χ4v) is 2.79. The summed E-state index contributed by atoms with van der Waals surface area (Å²) in [6.07, 6.45) is 0.932. The minimum absolute atomic E-state index is 0. The second kappa shape index (κ2) is 15.5. The van der Waals surface area contributed by atoms with Gasteiger partial charge in [0.05, 0.1) is 6.21 Å². The Balaban J connectivity index is 0.00000306. The number of nitrogens with one attached hydrogen (secondary N) is 2. The minimum atomic E-state index is -0.534. The number of benzene rings is 3. The van der Waals surface area contributed by atoms with E-state index in [0.29, 0.717) is 16.7 Å². The van der Waals surface area contributed by atoms with Crippen molar-refractivity contribution in [3.8, 4) is 5.75 Å². The molecule has 0 heterocycles. The van der Waals surface area contributed by atoms with Crippen molar-refractivity contribution in [2.75, 3.05) is 0 Å². The summed E-state index contributed by atoms with van der Waals surface area (Å²) >= 11 is 0. The van der Waals surface area contributed by atoms with E-state index in [1.54, 1.807) is 72.8 Å². The molecule has 3 aromatic rings. The predicted octanol–water partition coefficient (Wildman–Crippen LogP) is -0.605. The van der Waals surface area contributed by atoms with Gasteiger partial charge in [0, 0.05) is 24.0 Å². The number of rotatable bonds is 9. The molecule has 0 aliphatic rings. The van der Waals surface area contributed by atoms with Crippen LogP contribution in [0.15, 0.2) is 95.1 Å². The number of hydrazone groups is 2. The van der Waals surface area contributed by atoms with Crippen LogP contribution in [0.2, 0.25) is 0 Å². The van der Waals surface area contributed by atoms with Crippen LogP contribution in [0.25, 0.3) is 0 Å². The molecule has 0 saturated carbocycles. The molecule has 0 fully saturated rings. The molecule has 0 saturated heterocycles. The van der Waals surface area contributed by atoms with Crippen LogP contribution in [0.1, 0.15) is 34.3 Å². The van der Waals surface area contributed by atoms with Crippen molar-refractivity contribution in [1.82, 2.24) is 10.9 Å². The van der Waals surface area contributed by atoms with Gasteiger partial charge in [-0.1, -0.05) is 90.7 Å². The SMILES string of the molecule is O=C(CCC(=O)N/N=C(/C(=O)c1ccccc1)c1ccccc1)N/N=C/c1ccccc1[O-].[Cd+2].[Cl-]. The summed E-state index contributed by atoms with van der Waals surface area (Å²) in [4.78, 5) is 37.0. The van der Waals surface area contributed by atoms with Crippen molar-refractivity contribution in [2.45, 2.75) is 12.8 Å². The molecule has 3 rings (SSSR count). The maximum absolute atomic E-state index is 12.9. The molecule has 0 aliphatic carbocycles. The summed E-state index contributed by atoms with van der Waals surface area (Å²) in [7, 11) is 0. The largest absolute Gasteiger partial charge is 2.00 e. The van der Waals surface area contributed by atoms with Crippen LogP contribution in [-0.4, -0.2) is 29.5 Å². The normalized spacial score (nSPS) is 10.6. The number of halogens is 1. The standard InChI is InChI=1S/C25H22N4O4.Cd.ClH/c30-21-14-8-7-13-20(21)17-26-27-22(31)15-16-23(32)28-29-24(18-9-3-1-4-10-18)25(33)19-11-5-2-6-12-19;;/h1-14,17,30H,15-16H2,(H,27,31)(H,28,32);;1H/q;+2;/p-2/b26-17+,29-24+;;. The van der Waals surface area contributed by atoms with Gasteiger partial charge in [-0.05, 0) is 5.56 Å². The van der Waals surface area contributed by atoms with Crippen LogP contribution >= 0.6 is 0 Å².